The van der Waals surface area contributed by atoms with Gasteiger partial charge in [-0.15, -0.1) is 0 Å². The van der Waals surface area contributed by atoms with Crippen LogP contribution in [0.3, 0.4) is 0 Å². The Balaban J connectivity index is 1.62. The Kier molecular flexibility index (Phi) is 6.12. The summed E-state index contributed by atoms with van der Waals surface area (Å²) in [6, 6.07) is 3.98. The lowest BCUT2D eigenvalue weighted by molar-refractivity contribution is -0.118. The minimum absolute atomic E-state index is 0.0915. The molecule has 0 fully saturated rings. The van der Waals surface area contributed by atoms with Crippen LogP contribution in [0.1, 0.15) is 37.7 Å². The smallest absolute Gasteiger partial charge is 0.230 e. The van der Waals surface area contributed by atoms with E-state index in [0.717, 1.165) is 23.6 Å². The van der Waals surface area contributed by atoms with E-state index >= 15 is 0 Å². The van der Waals surface area contributed by atoms with E-state index in [1.165, 1.54) is 43.0 Å². The van der Waals surface area contributed by atoms with E-state index in [1.54, 1.807) is 0 Å². The second-order valence-electron chi connectivity index (χ2n) is 5.17. The van der Waals surface area contributed by atoms with Crippen molar-refractivity contribution in [1.82, 2.24) is 10.3 Å². The number of nitrogens with one attached hydrogen (secondary N) is 1. The molecule has 0 aliphatic heterocycles. The Morgan fingerprint density at radius 2 is 2.30 bits per heavy atom. The van der Waals surface area contributed by atoms with Crippen LogP contribution in [-0.2, 0) is 4.79 Å². The summed E-state index contributed by atoms with van der Waals surface area (Å²) in [5.41, 5.74) is 2.64. The third-order valence-electron chi connectivity index (χ3n) is 3.39. The quantitative estimate of drug-likeness (QED) is 0.644. The van der Waals surface area contributed by atoms with Gasteiger partial charge < -0.3 is 5.32 Å². The number of carbonyl (C=O) groups excluding carboxylic acids is 1. The number of aryl methyl sites for hydroxylation is 1. The average Bonchev–Trinajstić information content (AvgIpc) is 2.48. The fourth-order valence-electron chi connectivity index (χ4n) is 2.22. The van der Waals surface area contributed by atoms with Gasteiger partial charge in [0.05, 0.1) is 10.8 Å². The largest absolute Gasteiger partial charge is 0.355 e. The summed E-state index contributed by atoms with van der Waals surface area (Å²) in [6.45, 7) is 2.76. The van der Waals surface area contributed by atoms with Gasteiger partial charge in [-0.3, -0.25) is 4.79 Å². The van der Waals surface area contributed by atoms with Crippen molar-refractivity contribution in [1.29, 1.82) is 0 Å². The Morgan fingerprint density at radius 1 is 1.40 bits per heavy atom. The number of pyridine rings is 1. The molecule has 1 amide bonds. The standard InChI is InChI=1S/C16H22N2OS/c1-13-7-8-16(18-11-13)20-12-15(19)17-10-9-14-5-3-2-4-6-14/h5,7-8,11H,2-4,6,9-10,12H2,1H3,(H,17,19). The number of hydrogen-bond donors (Lipinski definition) is 1. The molecule has 1 aromatic rings. The molecule has 0 aromatic carbocycles. The first kappa shape index (κ1) is 15.1. The van der Waals surface area contributed by atoms with Gasteiger partial charge in [0.25, 0.3) is 0 Å². The lowest BCUT2D eigenvalue weighted by Gasteiger charge is -2.12. The van der Waals surface area contributed by atoms with Gasteiger partial charge in [-0.05, 0) is 50.7 Å². The number of carbonyl (C=O) groups is 1. The highest BCUT2D eigenvalue weighted by atomic mass is 32.2. The Hall–Kier alpha value is -1.29. The molecule has 108 valence electrons. The summed E-state index contributed by atoms with van der Waals surface area (Å²) < 4.78 is 0. The molecule has 0 bridgehead atoms. The van der Waals surface area contributed by atoms with Gasteiger partial charge in [-0.2, -0.15) is 0 Å². The summed E-state index contributed by atoms with van der Waals surface area (Å²) in [4.78, 5) is 16.0. The van der Waals surface area contributed by atoms with E-state index in [9.17, 15) is 4.79 Å². The van der Waals surface area contributed by atoms with Gasteiger partial charge in [-0.1, -0.05) is 29.5 Å². The average molecular weight is 290 g/mol. The number of aromatic nitrogens is 1. The van der Waals surface area contributed by atoms with Crippen molar-refractivity contribution >= 4 is 17.7 Å². The number of hydrogen-bond acceptors (Lipinski definition) is 3. The molecule has 0 atom stereocenters. The molecular weight excluding hydrogens is 268 g/mol. The van der Waals surface area contributed by atoms with Crippen LogP contribution in [0.5, 0.6) is 0 Å². The lowest BCUT2D eigenvalue weighted by Crippen LogP contribution is -2.26. The van der Waals surface area contributed by atoms with Gasteiger partial charge in [0.2, 0.25) is 5.91 Å². The minimum atomic E-state index is 0.0915. The van der Waals surface area contributed by atoms with Crippen molar-refractivity contribution in [2.75, 3.05) is 12.3 Å². The van der Waals surface area contributed by atoms with Gasteiger partial charge in [0.1, 0.15) is 0 Å². The van der Waals surface area contributed by atoms with Crippen LogP contribution in [-0.4, -0.2) is 23.2 Å². The first-order chi connectivity index (χ1) is 9.74. The highest BCUT2D eigenvalue weighted by molar-refractivity contribution is 7.99. The zero-order valence-electron chi connectivity index (χ0n) is 12.0. The highest BCUT2D eigenvalue weighted by Crippen LogP contribution is 2.19. The predicted octanol–water partition coefficient (Wildman–Crippen LogP) is 3.49. The van der Waals surface area contributed by atoms with E-state index in [2.05, 4.69) is 16.4 Å². The molecule has 0 saturated heterocycles. The van der Waals surface area contributed by atoms with Crippen LogP contribution in [0.25, 0.3) is 0 Å². The van der Waals surface area contributed by atoms with Crippen LogP contribution < -0.4 is 5.32 Å². The summed E-state index contributed by atoms with van der Waals surface area (Å²) >= 11 is 1.49. The summed E-state index contributed by atoms with van der Waals surface area (Å²) in [7, 11) is 0. The Morgan fingerprint density at radius 3 is 3.00 bits per heavy atom. The van der Waals surface area contributed by atoms with E-state index in [1.807, 2.05) is 25.3 Å². The van der Waals surface area contributed by atoms with E-state index in [0.29, 0.717) is 5.75 Å². The molecule has 1 aliphatic carbocycles. The Labute approximate surface area is 125 Å². The molecule has 3 nitrogen and oxygen atoms in total. The number of amides is 1. The number of rotatable bonds is 6. The zero-order valence-corrected chi connectivity index (χ0v) is 12.8. The molecule has 0 spiro atoms. The van der Waals surface area contributed by atoms with Crippen molar-refractivity contribution in [3.05, 3.63) is 35.5 Å². The summed E-state index contributed by atoms with van der Waals surface area (Å²) in [5.74, 6) is 0.531. The molecule has 1 aromatic heterocycles. The van der Waals surface area contributed by atoms with Crippen molar-refractivity contribution in [3.8, 4) is 0 Å². The van der Waals surface area contributed by atoms with Crippen molar-refractivity contribution in [2.24, 2.45) is 0 Å². The minimum Gasteiger partial charge on any atom is -0.355 e. The molecule has 0 saturated carbocycles. The molecule has 1 aliphatic rings. The normalized spacial score (nSPS) is 14.8. The van der Waals surface area contributed by atoms with Crippen LogP contribution in [0.4, 0.5) is 0 Å². The van der Waals surface area contributed by atoms with Crippen molar-refractivity contribution in [3.63, 3.8) is 0 Å². The van der Waals surface area contributed by atoms with E-state index in [-0.39, 0.29) is 5.91 Å². The third-order valence-corrected chi connectivity index (χ3v) is 4.33. The van der Waals surface area contributed by atoms with Crippen LogP contribution in [0, 0.1) is 6.92 Å². The zero-order chi connectivity index (χ0) is 14.2. The van der Waals surface area contributed by atoms with Gasteiger partial charge in [0, 0.05) is 12.7 Å². The molecular formula is C16H22N2OS. The number of nitrogens with zero attached hydrogens (tertiary/aromatic N) is 1. The fraction of sp³-hybridized carbons (Fsp3) is 0.500. The van der Waals surface area contributed by atoms with E-state index in [4.69, 9.17) is 0 Å². The molecule has 2 rings (SSSR count). The van der Waals surface area contributed by atoms with Gasteiger partial charge in [0.15, 0.2) is 0 Å². The number of thioether (sulfide) groups is 1. The SMILES string of the molecule is Cc1ccc(SCC(=O)NCCC2=CCCCC2)nc1. The van der Waals surface area contributed by atoms with Crippen molar-refractivity contribution < 1.29 is 4.79 Å². The van der Waals surface area contributed by atoms with E-state index < -0.39 is 0 Å². The predicted molar refractivity (Wildman–Crippen MR) is 83.9 cm³/mol. The van der Waals surface area contributed by atoms with Crippen LogP contribution in [0.15, 0.2) is 35.0 Å². The highest BCUT2D eigenvalue weighted by Gasteiger charge is 2.06. The maximum absolute atomic E-state index is 11.7. The van der Waals surface area contributed by atoms with Crippen LogP contribution >= 0.6 is 11.8 Å². The van der Waals surface area contributed by atoms with Crippen molar-refractivity contribution in [2.45, 2.75) is 44.1 Å². The fourth-order valence-corrected chi connectivity index (χ4v) is 2.90. The maximum Gasteiger partial charge on any atom is 0.230 e. The van der Waals surface area contributed by atoms with Gasteiger partial charge >= 0.3 is 0 Å². The molecule has 20 heavy (non-hydrogen) atoms. The monoisotopic (exact) mass is 290 g/mol. The molecule has 4 heteroatoms. The van der Waals surface area contributed by atoms with Crippen LogP contribution in [0.2, 0.25) is 0 Å². The lowest BCUT2D eigenvalue weighted by atomic mass is 9.97. The second-order valence-corrected chi connectivity index (χ2v) is 6.17. The topological polar surface area (TPSA) is 42.0 Å². The second kappa shape index (κ2) is 8.10. The van der Waals surface area contributed by atoms with Gasteiger partial charge in [-0.25, -0.2) is 4.98 Å². The summed E-state index contributed by atoms with van der Waals surface area (Å²) in [5, 5.41) is 3.89. The first-order valence-corrected chi connectivity index (χ1v) is 8.22. The first-order valence-electron chi connectivity index (χ1n) is 7.24. The molecule has 0 unspecified atom stereocenters. The maximum atomic E-state index is 11.7. The summed E-state index contributed by atoms with van der Waals surface area (Å²) in [6.07, 6.45) is 10.2. The molecule has 1 heterocycles. The number of allylic oxidation sites excluding steroid dienone is 1. The molecule has 0 radical (unpaired) electrons. The molecule has 1 N–H and O–H groups in total. The Bertz CT molecular complexity index is 468. The third kappa shape index (κ3) is 5.37.